The van der Waals surface area contributed by atoms with Crippen molar-refractivity contribution in [3.05, 3.63) is 75.3 Å². The van der Waals surface area contributed by atoms with Crippen molar-refractivity contribution < 1.29 is 4.92 Å². The number of aryl methyl sites for hydroxylation is 2. The largest absolute Gasteiger partial charge is 0.378 e. The zero-order chi connectivity index (χ0) is 22.7. The number of benzene rings is 2. The fourth-order valence-electron chi connectivity index (χ4n) is 4.11. The van der Waals surface area contributed by atoms with Crippen LogP contribution in [0.15, 0.2) is 48.5 Å². The molecule has 1 saturated heterocycles. The van der Waals surface area contributed by atoms with Gasteiger partial charge >= 0.3 is 5.69 Å². The summed E-state index contributed by atoms with van der Waals surface area (Å²) in [5.74, 6) is 1.01. The Hall–Kier alpha value is -3.68. The van der Waals surface area contributed by atoms with Gasteiger partial charge in [-0.1, -0.05) is 36.4 Å². The number of nitrogens with two attached hydrogens (primary N) is 1. The molecule has 1 aliphatic rings. The number of aromatic nitrogens is 2. The zero-order valence-electron chi connectivity index (χ0n) is 18.4. The Morgan fingerprint density at radius 3 is 2.47 bits per heavy atom. The summed E-state index contributed by atoms with van der Waals surface area (Å²) in [4.78, 5) is 22.0. The summed E-state index contributed by atoms with van der Waals surface area (Å²) in [6, 6.07) is 16.3. The SMILES string of the molecule is Cc1ccc(Nc2nc(N3CCC(Cc4ccccc4)CC3)nc(N)c2[N+](=O)[O-])cc1C. The molecule has 0 spiro atoms. The van der Waals surface area contributed by atoms with Crippen LogP contribution in [-0.4, -0.2) is 28.0 Å². The molecule has 4 rings (SSSR count). The van der Waals surface area contributed by atoms with Gasteiger partial charge in [-0.15, -0.1) is 0 Å². The third kappa shape index (κ3) is 4.80. The van der Waals surface area contributed by atoms with Crippen molar-refractivity contribution in [1.82, 2.24) is 9.97 Å². The number of nitrogens with zero attached hydrogens (tertiary/aromatic N) is 4. The molecule has 0 unspecified atom stereocenters. The highest BCUT2D eigenvalue weighted by Gasteiger charge is 2.27. The second kappa shape index (κ2) is 9.21. The van der Waals surface area contributed by atoms with Crippen molar-refractivity contribution in [2.45, 2.75) is 33.1 Å². The lowest BCUT2D eigenvalue weighted by Crippen LogP contribution is -2.35. The van der Waals surface area contributed by atoms with Gasteiger partial charge in [0.15, 0.2) is 0 Å². The van der Waals surface area contributed by atoms with Crippen molar-refractivity contribution in [3.8, 4) is 0 Å². The van der Waals surface area contributed by atoms with Crippen LogP contribution < -0.4 is 16.0 Å². The summed E-state index contributed by atoms with van der Waals surface area (Å²) in [7, 11) is 0. The fraction of sp³-hybridized carbons (Fsp3) is 0.333. The van der Waals surface area contributed by atoms with Crippen LogP contribution >= 0.6 is 0 Å². The molecular formula is C24H28N6O2. The molecule has 0 bridgehead atoms. The van der Waals surface area contributed by atoms with E-state index in [1.165, 1.54) is 5.56 Å². The van der Waals surface area contributed by atoms with Crippen LogP contribution in [0.2, 0.25) is 0 Å². The highest BCUT2D eigenvalue weighted by atomic mass is 16.6. The van der Waals surface area contributed by atoms with Crippen molar-refractivity contribution in [2.24, 2.45) is 5.92 Å². The first kappa shape index (κ1) is 21.5. The number of piperidine rings is 1. The monoisotopic (exact) mass is 432 g/mol. The number of anilines is 4. The maximum absolute atomic E-state index is 11.6. The van der Waals surface area contributed by atoms with Crippen LogP contribution in [0.1, 0.15) is 29.5 Å². The van der Waals surface area contributed by atoms with E-state index in [9.17, 15) is 10.1 Å². The predicted octanol–water partition coefficient (Wildman–Crippen LogP) is 4.79. The Bertz CT molecular complexity index is 1110. The van der Waals surface area contributed by atoms with E-state index in [1.807, 2.05) is 38.1 Å². The molecular weight excluding hydrogens is 404 g/mol. The maximum atomic E-state index is 11.6. The minimum absolute atomic E-state index is 0.118. The van der Waals surface area contributed by atoms with Gasteiger partial charge < -0.3 is 16.0 Å². The highest BCUT2D eigenvalue weighted by Crippen LogP contribution is 2.34. The highest BCUT2D eigenvalue weighted by molar-refractivity contribution is 5.74. The molecule has 3 aromatic rings. The van der Waals surface area contributed by atoms with Crippen LogP contribution in [0, 0.1) is 29.9 Å². The lowest BCUT2D eigenvalue weighted by atomic mass is 9.90. The smallest absolute Gasteiger partial charge is 0.353 e. The topological polar surface area (TPSA) is 110 Å². The minimum Gasteiger partial charge on any atom is -0.378 e. The zero-order valence-corrected chi connectivity index (χ0v) is 18.4. The second-order valence-electron chi connectivity index (χ2n) is 8.41. The molecule has 2 heterocycles. The van der Waals surface area contributed by atoms with Crippen LogP contribution in [-0.2, 0) is 6.42 Å². The van der Waals surface area contributed by atoms with E-state index in [0.29, 0.717) is 11.9 Å². The summed E-state index contributed by atoms with van der Waals surface area (Å²) in [5, 5.41) is 14.7. The van der Waals surface area contributed by atoms with Crippen molar-refractivity contribution >= 4 is 29.0 Å². The van der Waals surface area contributed by atoms with Gasteiger partial charge in [-0.2, -0.15) is 9.97 Å². The number of hydrogen-bond acceptors (Lipinski definition) is 7. The third-order valence-electron chi connectivity index (χ3n) is 6.12. The van der Waals surface area contributed by atoms with E-state index in [-0.39, 0.29) is 17.3 Å². The van der Waals surface area contributed by atoms with Crippen molar-refractivity contribution in [2.75, 3.05) is 29.0 Å². The number of rotatable bonds is 6. The summed E-state index contributed by atoms with van der Waals surface area (Å²) in [6.07, 6.45) is 3.07. The summed E-state index contributed by atoms with van der Waals surface area (Å²) < 4.78 is 0. The fourth-order valence-corrected chi connectivity index (χ4v) is 4.11. The first-order chi connectivity index (χ1) is 15.4. The molecule has 8 nitrogen and oxygen atoms in total. The Labute approximate surface area is 187 Å². The van der Waals surface area contributed by atoms with Crippen LogP contribution in [0.3, 0.4) is 0 Å². The van der Waals surface area contributed by atoms with Gasteiger partial charge in [-0.3, -0.25) is 10.1 Å². The first-order valence-electron chi connectivity index (χ1n) is 10.9. The van der Waals surface area contributed by atoms with Gasteiger partial charge in [0.2, 0.25) is 17.6 Å². The lowest BCUT2D eigenvalue weighted by Gasteiger charge is -2.32. The molecule has 32 heavy (non-hydrogen) atoms. The van der Waals surface area contributed by atoms with Gasteiger partial charge in [0, 0.05) is 18.8 Å². The molecule has 3 N–H and O–H groups in total. The number of nitrogen functional groups attached to an aromatic ring is 1. The van der Waals surface area contributed by atoms with E-state index in [2.05, 4.69) is 44.5 Å². The maximum Gasteiger partial charge on any atom is 0.353 e. The average molecular weight is 433 g/mol. The average Bonchev–Trinajstić information content (AvgIpc) is 2.77. The Balaban J connectivity index is 1.53. The van der Waals surface area contributed by atoms with Crippen molar-refractivity contribution in [1.29, 1.82) is 0 Å². The van der Waals surface area contributed by atoms with Crippen LogP contribution in [0.25, 0.3) is 0 Å². The molecule has 0 amide bonds. The summed E-state index contributed by atoms with van der Waals surface area (Å²) in [5.41, 5.74) is 10.0. The number of nitrogens with one attached hydrogen (secondary N) is 1. The van der Waals surface area contributed by atoms with Gasteiger partial charge in [0.25, 0.3) is 0 Å². The molecule has 0 saturated carbocycles. The molecule has 0 atom stereocenters. The van der Waals surface area contributed by atoms with Gasteiger partial charge in [0.1, 0.15) is 0 Å². The molecule has 1 aliphatic heterocycles. The third-order valence-corrected chi connectivity index (χ3v) is 6.12. The van der Waals surface area contributed by atoms with Crippen LogP contribution in [0.5, 0.6) is 0 Å². The first-order valence-corrected chi connectivity index (χ1v) is 10.9. The predicted molar refractivity (Wildman–Crippen MR) is 127 cm³/mol. The van der Waals surface area contributed by atoms with E-state index in [4.69, 9.17) is 5.73 Å². The molecule has 166 valence electrons. The van der Waals surface area contributed by atoms with E-state index < -0.39 is 4.92 Å². The van der Waals surface area contributed by atoms with Gasteiger partial charge in [-0.05, 0) is 67.9 Å². The minimum atomic E-state index is -0.533. The molecule has 1 fully saturated rings. The summed E-state index contributed by atoms with van der Waals surface area (Å²) in [6.45, 7) is 5.59. The molecule has 1 aromatic heterocycles. The second-order valence-corrected chi connectivity index (χ2v) is 8.41. The number of nitro groups is 1. The lowest BCUT2D eigenvalue weighted by molar-refractivity contribution is -0.383. The van der Waals surface area contributed by atoms with Crippen LogP contribution in [0.4, 0.5) is 29.0 Å². The molecule has 8 heteroatoms. The quantitative estimate of drug-likeness (QED) is 0.426. The van der Waals surface area contributed by atoms with Gasteiger partial charge in [-0.25, -0.2) is 0 Å². The van der Waals surface area contributed by atoms with E-state index >= 15 is 0 Å². The molecule has 0 aliphatic carbocycles. The van der Waals surface area contributed by atoms with E-state index in [0.717, 1.165) is 49.2 Å². The molecule has 0 radical (unpaired) electrons. The normalized spacial score (nSPS) is 14.4. The Morgan fingerprint density at radius 2 is 1.81 bits per heavy atom. The van der Waals surface area contributed by atoms with E-state index in [1.54, 1.807) is 0 Å². The number of hydrogen-bond donors (Lipinski definition) is 2. The Morgan fingerprint density at radius 1 is 1.09 bits per heavy atom. The summed E-state index contributed by atoms with van der Waals surface area (Å²) >= 11 is 0. The molecule has 2 aromatic carbocycles. The standard InChI is InChI=1S/C24H28N6O2/c1-16-8-9-20(14-17(16)2)26-23-21(30(31)32)22(25)27-24(28-23)29-12-10-19(11-13-29)15-18-6-4-3-5-7-18/h3-9,14,19H,10-13,15H2,1-2H3,(H3,25,26,27,28). The van der Waals surface area contributed by atoms with Crippen molar-refractivity contribution in [3.63, 3.8) is 0 Å². The van der Waals surface area contributed by atoms with Gasteiger partial charge in [0.05, 0.1) is 4.92 Å². The Kier molecular flexibility index (Phi) is 6.20.